The number of aliphatic hydroxyl groups is 1. The number of amides is 1. The first kappa shape index (κ1) is 15.7. The highest BCUT2D eigenvalue weighted by atomic mass is 16.3. The zero-order valence-corrected chi connectivity index (χ0v) is 12.4. The van der Waals surface area contributed by atoms with Crippen molar-refractivity contribution in [3.63, 3.8) is 0 Å². The molecule has 1 fully saturated rings. The summed E-state index contributed by atoms with van der Waals surface area (Å²) in [6.45, 7) is 2.38. The molecule has 0 bridgehead atoms. The Hall–Kier alpha value is -1.66. The average Bonchev–Trinajstić information content (AvgIpc) is 2.50. The van der Waals surface area contributed by atoms with E-state index in [4.69, 9.17) is 0 Å². The molecule has 1 aromatic rings. The summed E-state index contributed by atoms with van der Waals surface area (Å²) in [5, 5.41) is 12.2. The number of carbonyl (C=O) groups is 1. The van der Waals surface area contributed by atoms with Gasteiger partial charge in [-0.05, 0) is 25.5 Å². The van der Waals surface area contributed by atoms with Crippen molar-refractivity contribution >= 4 is 5.91 Å². The van der Waals surface area contributed by atoms with Crippen LogP contribution in [0.15, 0.2) is 23.1 Å². The third kappa shape index (κ3) is 4.15. The molecule has 1 aliphatic rings. The minimum absolute atomic E-state index is 0.169. The van der Waals surface area contributed by atoms with Gasteiger partial charge in [0.15, 0.2) is 0 Å². The first-order valence-corrected chi connectivity index (χ1v) is 7.41. The fourth-order valence-corrected chi connectivity index (χ4v) is 2.67. The van der Waals surface area contributed by atoms with Crippen LogP contribution in [0, 0.1) is 0 Å². The van der Waals surface area contributed by atoms with E-state index in [1.165, 1.54) is 10.6 Å². The van der Waals surface area contributed by atoms with Crippen LogP contribution in [0.25, 0.3) is 0 Å². The van der Waals surface area contributed by atoms with Crippen LogP contribution in [-0.4, -0.2) is 52.8 Å². The van der Waals surface area contributed by atoms with Crippen molar-refractivity contribution in [3.8, 4) is 0 Å². The van der Waals surface area contributed by atoms with Gasteiger partial charge in [-0.2, -0.15) is 0 Å². The van der Waals surface area contributed by atoms with Crippen molar-refractivity contribution in [3.05, 3.63) is 34.2 Å². The molecule has 21 heavy (non-hydrogen) atoms. The van der Waals surface area contributed by atoms with Gasteiger partial charge in [0.2, 0.25) is 0 Å². The van der Waals surface area contributed by atoms with Crippen molar-refractivity contribution in [2.45, 2.75) is 25.3 Å². The molecule has 6 nitrogen and oxygen atoms in total. The third-order valence-electron chi connectivity index (χ3n) is 4.01. The molecule has 0 radical (unpaired) electrons. The Balaban J connectivity index is 1.83. The Labute approximate surface area is 124 Å². The smallest absolute Gasteiger partial charge is 0.251 e. The van der Waals surface area contributed by atoms with E-state index in [9.17, 15) is 14.7 Å². The second kappa shape index (κ2) is 7.38. The summed E-state index contributed by atoms with van der Waals surface area (Å²) in [7, 11) is 1.65. The number of likely N-dealkylation sites (tertiary alicyclic amines) is 1. The van der Waals surface area contributed by atoms with Gasteiger partial charge in [0.25, 0.3) is 11.5 Å². The molecule has 0 saturated carbocycles. The molecule has 1 aromatic heterocycles. The van der Waals surface area contributed by atoms with Gasteiger partial charge in [-0.15, -0.1) is 0 Å². The fraction of sp³-hybridized carbons (Fsp3) is 0.600. The number of pyridine rings is 1. The van der Waals surface area contributed by atoms with Gasteiger partial charge in [0, 0.05) is 44.0 Å². The van der Waals surface area contributed by atoms with Crippen molar-refractivity contribution in [2.24, 2.45) is 7.05 Å². The largest absolute Gasteiger partial charge is 0.395 e. The predicted molar refractivity (Wildman–Crippen MR) is 80.3 cm³/mol. The third-order valence-corrected chi connectivity index (χ3v) is 4.01. The number of nitrogens with zero attached hydrogens (tertiary/aromatic N) is 2. The lowest BCUT2D eigenvalue weighted by Crippen LogP contribution is -2.45. The van der Waals surface area contributed by atoms with Gasteiger partial charge < -0.3 is 15.0 Å². The highest BCUT2D eigenvalue weighted by Gasteiger charge is 2.21. The summed E-state index contributed by atoms with van der Waals surface area (Å²) in [6.07, 6.45) is 4.89. The van der Waals surface area contributed by atoms with Crippen molar-refractivity contribution in [1.29, 1.82) is 0 Å². The molecule has 2 heterocycles. The quantitative estimate of drug-likeness (QED) is 0.799. The van der Waals surface area contributed by atoms with E-state index in [1.807, 2.05) is 0 Å². The van der Waals surface area contributed by atoms with E-state index in [-0.39, 0.29) is 24.1 Å². The molecular weight excluding hydrogens is 270 g/mol. The molecule has 1 amide bonds. The lowest BCUT2D eigenvalue weighted by molar-refractivity contribution is 0.0849. The van der Waals surface area contributed by atoms with Crippen LogP contribution in [-0.2, 0) is 7.05 Å². The van der Waals surface area contributed by atoms with Gasteiger partial charge in [0.1, 0.15) is 0 Å². The molecule has 0 aliphatic carbocycles. The Bertz CT molecular complexity index is 541. The summed E-state index contributed by atoms with van der Waals surface area (Å²) in [5.41, 5.74) is 0.189. The second-order valence-electron chi connectivity index (χ2n) is 5.49. The first-order chi connectivity index (χ1) is 10.1. The van der Waals surface area contributed by atoms with Gasteiger partial charge in [-0.3, -0.25) is 14.5 Å². The molecule has 1 atom stereocenters. The summed E-state index contributed by atoms with van der Waals surface area (Å²) >= 11 is 0. The molecule has 0 unspecified atom stereocenters. The molecule has 6 heteroatoms. The Kier molecular flexibility index (Phi) is 5.52. The van der Waals surface area contributed by atoms with Crippen LogP contribution in [0.4, 0.5) is 0 Å². The SMILES string of the molecule is Cn1ccc(C(=O)NCCN2CCCC[C@@H]2CO)cc1=O. The number of aromatic nitrogens is 1. The van der Waals surface area contributed by atoms with Crippen LogP contribution in [0.5, 0.6) is 0 Å². The minimum atomic E-state index is -0.231. The van der Waals surface area contributed by atoms with Crippen LogP contribution >= 0.6 is 0 Å². The molecule has 0 aromatic carbocycles. The topological polar surface area (TPSA) is 74.6 Å². The number of carbonyl (C=O) groups excluding carboxylic acids is 1. The number of piperidine rings is 1. The molecule has 2 rings (SSSR count). The Morgan fingerprint density at radius 2 is 2.29 bits per heavy atom. The first-order valence-electron chi connectivity index (χ1n) is 7.41. The van der Waals surface area contributed by atoms with E-state index >= 15 is 0 Å². The van der Waals surface area contributed by atoms with E-state index in [0.717, 1.165) is 32.4 Å². The lowest BCUT2D eigenvalue weighted by atomic mass is 10.0. The number of rotatable bonds is 5. The van der Waals surface area contributed by atoms with Crippen molar-refractivity contribution in [2.75, 3.05) is 26.2 Å². The van der Waals surface area contributed by atoms with Crippen LogP contribution < -0.4 is 10.9 Å². The number of aliphatic hydroxyl groups excluding tert-OH is 1. The molecule has 116 valence electrons. The van der Waals surface area contributed by atoms with E-state index < -0.39 is 0 Å². The normalized spacial score (nSPS) is 19.4. The van der Waals surface area contributed by atoms with Gasteiger partial charge >= 0.3 is 0 Å². The summed E-state index contributed by atoms with van der Waals surface area (Å²) in [6, 6.07) is 3.18. The standard InChI is InChI=1S/C15H23N3O3/c1-17-8-5-12(10-14(17)20)15(21)16-6-9-18-7-3-2-4-13(18)11-19/h5,8,10,13,19H,2-4,6-7,9,11H2,1H3,(H,16,21)/t13-/m1/s1. The van der Waals surface area contributed by atoms with E-state index in [1.54, 1.807) is 19.3 Å². The highest BCUT2D eigenvalue weighted by Crippen LogP contribution is 2.15. The van der Waals surface area contributed by atoms with Crippen LogP contribution in [0.2, 0.25) is 0 Å². The molecular formula is C15H23N3O3. The molecule has 1 saturated heterocycles. The molecule has 2 N–H and O–H groups in total. The van der Waals surface area contributed by atoms with Crippen molar-refractivity contribution in [1.82, 2.24) is 14.8 Å². The summed E-state index contributed by atoms with van der Waals surface area (Å²) < 4.78 is 1.43. The predicted octanol–water partition coefficient (Wildman–Crippen LogP) is -0.0381. The highest BCUT2D eigenvalue weighted by molar-refractivity contribution is 5.93. The second-order valence-corrected chi connectivity index (χ2v) is 5.49. The maximum absolute atomic E-state index is 12.0. The molecule has 0 spiro atoms. The van der Waals surface area contributed by atoms with Crippen molar-refractivity contribution < 1.29 is 9.90 Å². The summed E-state index contributed by atoms with van der Waals surface area (Å²) in [4.78, 5) is 25.7. The maximum atomic E-state index is 12.0. The molecule has 1 aliphatic heterocycles. The van der Waals surface area contributed by atoms with Crippen LogP contribution in [0.1, 0.15) is 29.6 Å². The summed E-state index contributed by atoms with van der Waals surface area (Å²) in [5.74, 6) is -0.231. The van der Waals surface area contributed by atoms with Gasteiger partial charge in [-0.1, -0.05) is 6.42 Å². The minimum Gasteiger partial charge on any atom is -0.395 e. The Morgan fingerprint density at radius 3 is 3.00 bits per heavy atom. The zero-order chi connectivity index (χ0) is 15.2. The zero-order valence-electron chi connectivity index (χ0n) is 12.4. The van der Waals surface area contributed by atoms with Gasteiger partial charge in [-0.25, -0.2) is 0 Å². The number of aryl methyl sites for hydroxylation is 1. The maximum Gasteiger partial charge on any atom is 0.251 e. The number of hydrogen-bond acceptors (Lipinski definition) is 4. The van der Waals surface area contributed by atoms with E-state index in [0.29, 0.717) is 12.1 Å². The van der Waals surface area contributed by atoms with Crippen LogP contribution in [0.3, 0.4) is 0 Å². The Morgan fingerprint density at radius 1 is 1.48 bits per heavy atom. The fourth-order valence-electron chi connectivity index (χ4n) is 2.67. The number of hydrogen-bond donors (Lipinski definition) is 2. The average molecular weight is 293 g/mol. The number of nitrogens with one attached hydrogen (secondary N) is 1. The van der Waals surface area contributed by atoms with E-state index in [2.05, 4.69) is 10.2 Å². The lowest BCUT2D eigenvalue weighted by Gasteiger charge is -2.34. The monoisotopic (exact) mass is 293 g/mol. The van der Waals surface area contributed by atoms with Gasteiger partial charge in [0.05, 0.1) is 6.61 Å².